The number of carbonyl (C=O) groups is 1. The van der Waals surface area contributed by atoms with E-state index >= 15 is 0 Å². The van der Waals surface area contributed by atoms with Gasteiger partial charge in [-0.15, -0.1) is 0 Å². The van der Waals surface area contributed by atoms with Gasteiger partial charge < -0.3 is 19.6 Å². The summed E-state index contributed by atoms with van der Waals surface area (Å²) in [7, 11) is 1.66. The number of ether oxygens (including phenoxy) is 1. The van der Waals surface area contributed by atoms with Gasteiger partial charge in [0.1, 0.15) is 18.2 Å². The zero-order valence-electron chi connectivity index (χ0n) is 21.6. The number of anilines is 1. The van der Waals surface area contributed by atoms with Gasteiger partial charge in [-0.3, -0.25) is 9.78 Å². The minimum atomic E-state index is -0.474. The number of carbonyl (C=O) groups excluding carboxylic acids is 1. The van der Waals surface area contributed by atoms with E-state index in [1.807, 2.05) is 68.7 Å². The van der Waals surface area contributed by atoms with Gasteiger partial charge in [-0.2, -0.15) is 5.26 Å². The Morgan fingerprint density at radius 1 is 1.00 bits per heavy atom. The van der Waals surface area contributed by atoms with Gasteiger partial charge in [0.2, 0.25) is 5.91 Å². The van der Waals surface area contributed by atoms with Crippen LogP contribution in [0.15, 0.2) is 67.0 Å². The van der Waals surface area contributed by atoms with Crippen LogP contribution in [-0.2, 0) is 4.79 Å². The van der Waals surface area contributed by atoms with Crippen molar-refractivity contribution in [2.45, 2.75) is 25.9 Å². The summed E-state index contributed by atoms with van der Waals surface area (Å²) in [4.78, 5) is 25.6. The molecule has 2 unspecified atom stereocenters. The third-order valence-electron chi connectivity index (χ3n) is 7.10. The molecule has 8 heteroatoms. The number of pyridine rings is 2. The first-order valence-corrected chi connectivity index (χ1v) is 12.5. The lowest BCUT2D eigenvalue weighted by Crippen LogP contribution is -2.59. The molecule has 4 aromatic rings. The highest BCUT2D eigenvalue weighted by Gasteiger charge is 2.33. The van der Waals surface area contributed by atoms with E-state index in [-0.39, 0.29) is 18.0 Å². The summed E-state index contributed by atoms with van der Waals surface area (Å²) in [6.07, 6.45) is 3.64. The van der Waals surface area contributed by atoms with Gasteiger partial charge in [-0.1, -0.05) is 24.3 Å². The van der Waals surface area contributed by atoms with Crippen LogP contribution >= 0.6 is 0 Å². The molecule has 8 nitrogen and oxygen atoms in total. The van der Waals surface area contributed by atoms with Crippen molar-refractivity contribution < 1.29 is 14.6 Å². The minimum absolute atomic E-state index is 0.0324. The molecular weight excluding hydrogens is 478 g/mol. The number of benzene rings is 2. The number of nitrogens with zero attached hydrogens (tertiary/aromatic N) is 5. The molecule has 1 N–H and O–H groups in total. The number of hydrogen-bond acceptors (Lipinski definition) is 7. The Morgan fingerprint density at radius 2 is 1.71 bits per heavy atom. The number of aromatic nitrogens is 2. The molecule has 3 heterocycles. The predicted molar refractivity (Wildman–Crippen MR) is 147 cm³/mol. The summed E-state index contributed by atoms with van der Waals surface area (Å²) in [5, 5.41) is 19.3. The Hall–Kier alpha value is -4.48. The molecule has 2 aromatic heterocycles. The van der Waals surface area contributed by atoms with Crippen LogP contribution in [0.4, 0.5) is 5.82 Å². The van der Waals surface area contributed by atoms with Crippen molar-refractivity contribution in [3.8, 4) is 34.1 Å². The maximum atomic E-state index is 12.1. The maximum Gasteiger partial charge on any atom is 0.248 e. The number of aliphatic hydroxyl groups excluding tert-OH is 1. The largest absolute Gasteiger partial charge is 0.495 e. The van der Waals surface area contributed by atoms with Gasteiger partial charge in [0.05, 0.1) is 24.3 Å². The lowest BCUT2D eigenvalue weighted by molar-refractivity contribution is -0.139. The van der Waals surface area contributed by atoms with E-state index in [0.717, 1.165) is 44.7 Å². The number of aliphatic hydroxyl groups is 1. The molecule has 5 rings (SSSR count). The normalized spacial score (nSPS) is 17.3. The Morgan fingerprint density at radius 3 is 2.32 bits per heavy atom. The van der Waals surface area contributed by atoms with Crippen molar-refractivity contribution in [1.29, 1.82) is 5.26 Å². The summed E-state index contributed by atoms with van der Waals surface area (Å²) in [6, 6.07) is 19.5. The summed E-state index contributed by atoms with van der Waals surface area (Å²) in [6.45, 7) is 4.78. The Kier molecular flexibility index (Phi) is 6.95. The van der Waals surface area contributed by atoms with E-state index in [1.54, 1.807) is 24.1 Å². The molecule has 2 aromatic carbocycles. The van der Waals surface area contributed by atoms with Gasteiger partial charge >= 0.3 is 0 Å². The summed E-state index contributed by atoms with van der Waals surface area (Å²) >= 11 is 0. The number of para-hydroxylation sites is 1. The third kappa shape index (κ3) is 4.53. The molecule has 0 aliphatic carbocycles. The Bertz CT molecular complexity index is 1500. The van der Waals surface area contributed by atoms with Crippen LogP contribution in [0.3, 0.4) is 0 Å². The number of fused-ring (bicyclic) bond motifs is 1. The second kappa shape index (κ2) is 10.5. The number of hydrogen-bond donors (Lipinski definition) is 1. The lowest BCUT2D eigenvalue weighted by Gasteiger charge is -2.44. The summed E-state index contributed by atoms with van der Waals surface area (Å²) in [5.74, 6) is 1.31. The van der Waals surface area contributed by atoms with Gasteiger partial charge in [0, 0.05) is 59.6 Å². The van der Waals surface area contributed by atoms with Crippen LogP contribution < -0.4 is 9.64 Å². The molecule has 0 bridgehead atoms. The topological polar surface area (TPSA) is 103 Å². The molecular formula is C30H29N5O3. The van der Waals surface area contributed by atoms with E-state index in [9.17, 15) is 9.90 Å². The highest BCUT2D eigenvalue weighted by Crippen LogP contribution is 2.39. The number of nitriles is 1. The van der Waals surface area contributed by atoms with Crippen molar-refractivity contribution >= 4 is 22.6 Å². The second-order valence-electron chi connectivity index (χ2n) is 9.56. The number of methoxy groups -OCH3 is 1. The fourth-order valence-electron chi connectivity index (χ4n) is 5.40. The van der Waals surface area contributed by atoms with Crippen LogP contribution in [0.1, 0.15) is 19.4 Å². The Labute approximate surface area is 221 Å². The van der Waals surface area contributed by atoms with E-state index in [1.165, 1.54) is 0 Å². The van der Waals surface area contributed by atoms with Crippen molar-refractivity contribution in [3.05, 3.63) is 72.6 Å². The van der Waals surface area contributed by atoms with Crippen LogP contribution in [0.5, 0.6) is 5.75 Å². The minimum Gasteiger partial charge on any atom is -0.495 e. The average Bonchev–Trinajstić information content (AvgIpc) is 2.95. The first-order chi connectivity index (χ1) is 18.4. The van der Waals surface area contributed by atoms with Gasteiger partial charge in [0.15, 0.2) is 0 Å². The quantitative estimate of drug-likeness (QED) is 0.431. The zero-order chi connectivity index (χ0) is 26.8. The highest BCUT2D eigenvalue weighted by atomic mass is 16.5. The van der Waals surface area contributed by atoms with Crippen molar-refractivity contribution in [2.24, 2.45) is 0 Å². The molecule has 1 fully saturated rings. The van der Waals surface area contributed by atoms with E-state index in [4.69, 9.17) is 20.0 Å². The third-order valence-corrected chi connectivity index (χ3v) is 7.10. The maximum absolute atomic E-state index is 12.1. The highest BCUT2D eigenvalue weighted by molar-refractivity contribution is 6.00. The van der Waals surface area contributed by atoms with Crippen molar-refractivity contribution in [3.63, 3.8) is 0 Å². The van der Waals surface area contributed by atoms with Gasteiger partial charge in [0.25, 0.3) is 0 Å². The lowest BCUT2D eigenvalue weighted by atomic mass is 9.98. The molecule has 0 spiro atoms. The molecule has 192 valence electrons. The molecule has 1 amide bonds. The van der Waals surface area contributed by atoms with E-state index in [0.29, 0.717) is 18.7 Å². The number of amides is 1. The van der Waals surface area contributed by atoms with Crippen LogP contribution in [0.2, 0.25) is 0 Å². The van der Waals surface area contributed by atoms with Crippen LogP contribution in [0.25, 0.3) is 33.2 Å². The average molecular weight is 508 g/mol. The molecule has 1 saturated heterocycles. The van der Waals surface area contributed by atoms with Crippen LogP contribution in [-0.4, -0.2) is 64.8 Å². The van der Waals surface area contributed by atoms with Gasteiger partial charge in [-0.05, 0) is 49.7 Å². The zero-order valence-corrected chi connectivity index (χ0v) is 21.6. The smallest absolute Gasteiger partial charge is 0.248 e. The fourth-order valence-corrected chi connectivity index (χ4v) is 5.40. The second-order valence-corrected chi connectivity index (χ2v) is 9.56. The van der Waals surface area contributed by atoms with Crippen molar-refractivity contribution in [2.75, 3.05) is 31.7 Å². The van der Waals surface area contributed by atoms with Gasteiger partial charge in [-0.25, -0.2) is 4.98 Å². The predicted octanol–water partition coefficient (Wildman–Crippen LogP) is 4.26. The molecule has 1 aliphatic heterocycles. The monoisotopic (exact) mass is 507 g/mol. The van der Waals surface area contributed by atoms with E-state index < -0.39 is 6.61 Å². The Balaban J connectivity index is 1.45. The fraction of sp³-hybridized carbons (Fsp3) is 0.267. The number of rotatable bonds is 5. The molecule has 2 atom stereocenters. The molecule has 0 saturated carbocycles. The molecule has 1 aliphatic rings. The van der Waals surface area contributed by atoms with Crippen LogP contribution in [0, 0.1) is 11.3 Å². The van der Waals surface area contributed by atoms with Crippen molar-refractivity contribution in [1.82, 2.24) is 14.9 Å². The first kappa shape index (κ1) is 25.2. The number of piperazine rings is 1. The van der Waals surface area contributed by atoms with E-state index in [2.05, 4.69) is 11.0 Å². The SMILES string of the molecule is COc1c(-c2ccc(N3CC(C)N(C(=O)CO)C(C)C3)nc2)cnc2c(-c3ccc(C#N)cc3)cccc12. The molecule has 0 radical (unpaired) electrons. The first-order valence-electron chi connectivity index (χ1n) is 12.5. The molecule has 38 heavy (non-hydrogen) atoms. The summed E-state index contributed by atoms with van der Waals surface area (Å²) in [5.41, 5.74) is 5.11. The standard InChI is InChI=1S/C30H29N5O3/c1-19-16-34(17-20(2)35(19)28(37)18-36)27-12-11-23(14-32-27)26-15-33-29-24(5-4-6-25(29)30(26)38-3)22-9-7-21(13-31)8-10-22/h4-12,14-15,19-20,36H,16-18H2,1-3H3. The summed E-state index contributed by atoms with van der Waals surface area (Å²) < 4.78 is 5.88.